The van der Waals surface area contributed by atoms with Crippen LogP contribution in [0.4, 0.5) is 22.0 Å². The van der Waals surface area contributed by atoms with Gasteiger partial charge in [-0.3, -0.25) is 4.79 Å². The van der Waals surface area contributed by atoms with Gasteiger partial charge in [0.25, 0.3) is 0 Å². The number of ether oxygens (including phenoxy) is 1. The standard InChI is InChI=1S/C31H21ClF5N3O4S/c1-16(31(35,36)37)38-15-40(26-18-7-2-3-11-23(18)45-14-17-6-4-8-19(32)24(17)26)39-13-12-22(41)28(27(39)29(38)42)44-30(43)25-20(33)9-5-10-21(25)34/h2-13,16,26H,14-15H2,1H3/p+1/t16?,26-/m1/s1. The Labute approximate surface area is 261 Å². The van der Waals surface area contributed by atoms with Crippen LogP contribution in [0.25, 0.3) is 0 Å². The van der Waals surface area contributed by atoms with E-state index in [-0.39, 0.29) is 0 Å². The number of pyridine rings is 1. The molecular formula is C31H22ClF5N3O4S+. The van der Waals surface area contributed by atoms with Crippen LogP contribution in [0.3, 0.4) is 0 Å². The summed E-state index contributed by atoms with van der Waals surface area (Å²) >= 11 is 8.25. The van der Waals surface area contributed by atoms with Crippen molar-refractivity contribution >= 4 is 35.2 Å². The lowest BCUT2D eigenvalue weighted by Gasteiger charge is -2.43. The fourth-order valence-corrected chi connectivity index (χ4v) is 6.94. The van der Waals surface area contributed by atoms with Gasteiger partial charge in [0.2, 0.25) is 16.9 Å². The van der Waals surface area contributed by atoms with Crippen LogP contribution in [0, 0.1) is 11.6 Å². The quantitative estimate of drug-likeness (QED) is 0.237. The summed E-state index contributed by atoms with van der Waals surface area (Å²) in [5.41, 5.74) is -0.868. The van der Waals surface area contributed by atoms with E-state index in [9.17, 15) is 36.3 Å². The van der Waals surface area contributed by atoms with E-state index in [0.29, 0.717) is 21.9 Å². The normalized spacial score (nSPS) is 18.4. The average Bonchev–Trinajstić information content (AvgIpc) is 3.16. The Balaban J connectivity index is 1.60. The van der Waals surface area contributed by atoms with Gasteiger partial charge in [-0.2, -0.15) is 13.2 Å². The van der Waals surface area contributed by atoms with Crippen LogP contribution in [0.1, 0.15) is 50.5 Å². The molecule has 1 N–H and O–H groups in total. The average molecular weight is 663 g/mol. The van der Waals surface area contributed by atoms with E-state index in [4.69, 9.17) is 16.3 Å². The van der Waals surface area contributed by atoms with Gasteiger partial charge in [0.05, 0.1) is 0 Å². The lowest BCUT2D eigenvalue weighted by atomic mass is 9.94. The number of benzene rings is 3. The minimum Gasteiger partial charge on any atom is -0.416 e. The summed E-state index contributed by atoms with van der Waals surface area (Å²) in [5.74, 6) is -5.93. The molecule has 3 atom stereocenters. The minimum absolute atomic E-state index is 0.321. The molecule has 2 unspecified atom stereocenters. The minimum atomic E-state index is -4.85. The largest absolute Gasteiger partial charge is 0.441 e. The molecule has 3 aromatic carbocycles. The Hall–Kier alpha value is -4.20. The second-order valence-electron chi connectivity index (χ2n) is 10.4. The van der Waals surface area contributed by atoms with Gasteiger partial charge < -0.3 is 4.74 Å². The predicted octanol–water partition coefficient (Wildman–Crippen LogP) is 5.28. The summed E-state index contributed by atoms with van der Waals surface area (Å²) in [7, 11) is 0. The summed E-state index contributed by atoms with van der Waals surface area (Å²) in [5, 5.41) is 1.77. The second-order valence-corrected chi connectivity index (χ2v) is 11.9. The molecule has 0 saturated carbocycles. The van der Waals surface area contributed by atoms with Crippen LogP contribution in [-0.2, 0) is 5.75 Å². The van der Waals surface area contributed by atoms with Gasteiger partial charge in [-0.1, -0.05) is 48.0 Å². The molecule has 3 heterocycles. The fraction of sp³-hybridized carbons (Fsp3) is 0.194. The molecule has 2 aliphatic rings. The number of carbonyl (C=O) groups excluding carboxylic acids is 2. The molecule has 4 aromatic rings. The third-order valence-corrected chi connectivity index (χ3v) is 9.31. The van der Waals surface area contributed by atoms with E-state index >= 15 is 0 Å². The number of nitrogens with one attached hydrogen (secondary N) is 1. The number of halogens is 6. The molecule has 232 valence electrons. The number of alkyl halides is 3. The van der Waals surface area contributed by atoms with Gasteiger partial charge in [-0.05, 0) is 42.3 Å². The molecule has 0 saturated heterocycles. The second kappa shape index (κ2) is 11.6. The van der Waals surface area contributed by atoms with Crippen LogP contribution >= 0.6 is 23.4 Å². The molecule has 14 heteroatoms. The van der Waals surface area contributed by atoms with Crippen LogP contribution < -0.4 is 20.1 Å². The summed E-state index contributed by atoms with van der Waals surface area (Å²) in [6.45, 7) is 0.277. The molecule has 1 amide bonds. The summed E-state index contributed by atoms with van der Waals surface area (Å²) in [6.07, 6.45) is -3.67. The summed E-state index contributed by atoms with van der Waals surface area (Å²) < 4.78 is 77.8. The highest BCUT2D eigenvalue weighted by molar-refractivity contribution is 7.98. The van der Waals surface area contributed by atoms with Gasteiger partial charge in [-0.15, -0.1) is 11.8 Å². The van der Waals surface area contributed by atoms with Crippen molar-refractivity contribution in [3.8, 4) is 5.75 Å². The lowest BCUT2D eigenvalue weighted by molar-refractivity contribution is -0.858. The van der Waals surface area contributed by atoms with Gasteiger partial charge in [0.15, 0.2) is 12.7 Å². The Morgan fingerprint density at radius 2 is 1.71 bits per heavy atom. The molecule has 0 fully saturated rings. The molecule has 7 nitrogen and oxygen atoms in total. The van der Waals surface area contributed by atoms with Crippen LogP contribution in [0.5, 0.6) is 5.75 Å². The monoisotopic (exact) mass is 662 g/mol. The third-order valence-electron chi connectivity index (χ3n) is 7.84. The van der Waals surface area contributed by atoms with Crippen LogP contribution in [0.2, 0.25) is 5.02 Å². The van der Waals surface area contributed by atoms with Crippen molar-refractivity contribution in [3.63, 3.8) is 0 Å². The maximum Gasteiger partial charge on any atom is 0.441 e. The number of rotatable bonds is 4. The molecule has 0 spiro atoms. The predicted molar refractivity (Wildman–Crippen MR) is 155 cm³/mol. The van der Waals surface area contributed by atoms with E-state index in [2.05, 4.69) is 0 Å². The van der Waals surface area contributed by atoms with Gasteiger partial charge in [0, 0.05) is 33.5 Å². The van der Waals surface area contributed by atoms with Gasteiger partial charge in [-0.25, -0.2) is 33.0 Å². The zero-order valence-electron chi connectivity index (χ0n) is 23.2. The Kier molecular flexibility index (Phi) is 7.96. The number of amides is 1. The third kappa shape index (κ3) is 5.38. The molecule has 0 bridgehead atoms. The Morgan fingerprint density at radius 3 is 2.42 bits per heavy atom. The van der Waals surface area contributed by atoms with Crippen molar-refractivity contribution in [1.82, 2.24) is 4.68 Å². The highest BCUT2D eigenvalue weighted by Gasteiger charge is 2.52. The van der Waals surface area contributed by atoms with Crippen molar-refractivity contribution in [1.29, 1.82) is 0 Å². The number of hydrogen-bond donors (Lipinski definition) is 1. The Bertz CT molecular complexity index is 1900. The van der Waals surface area contributed by atoms with Crippen molar-refractivity contribution in [2.45, 2.75) is 35.8 Å². The zero-order chi connectivity index (χ0) is 32.2. The number of aromatic nitrogens is 1. The van der Waals surface area contributed by atoms with E-state index in [1.165, 1.54) is 23.0 Å². The first-order valence-corrected chi connectivity index (χ1v) is 14.9. The van der Waals surface area contributed by atoms with Crippen molar-refractivity contribution in [2.75, 3.05) is 11.7 Å². The highest BCUT2D eigenvalue weighted by Crippen LogP contribution is 2.44. The molecule has 0 radical (unpaired) electrons. The van der Waals surface area contributed by atoms with Crippen molar-refractivity contribution in [3.05, 3.63) is 128 Å². The first-order chi connectivity index (χ1) is 21.4. The zero-order valence-corrected chi connectivity index (χ0v) is 24.8. The van der Waals surface area contributed by atoms with E-state index in [1.807, 2.05) is 18.2 Å². The van der Waals surface area contributed by atoms with Gasteiger partial charge in [0.1, 0.15) is 23.2 Å². The summed E-state index contributed by atoms with van der Waals surface area (Å²) in [4.78, 5) is 40.2. The smallest absolute Gasteiger partial charge is 0.416 e. The number of carbonyl (C=O) groups is 2. The molecule has 6 rings (SSSR count). The SMILES string of the molecule is CC([NH+]1CN([C@@H]2c3ccccc3SCc3cccc(Cl)c32)n2ccc(=O)c(OC(=O)c3c(F)cccc3F)c2C1=O)C(F)(F)F. The first kappa shape index (κ1) is 30.8. The number of quaternary nitrogens is 1. The number of hydrogen-bond acceptors (Lipinski definition) is 6. The highest BCUT2D eigenvalue weighted by atomic mass is 35.5. The molecular weight excluding hydrogens is 641 g/mol. The number of esters is 1. The van der Waals surface area contributed by atoms with Gasteiger partial charge >= 0.3 is 18.1 Å². The van der Waals surface area contributed by atoms with Crippen LogP contribution in [0.15, 0.2) is 82.6 Å². The number of fused-ring (bicyclic) bond motifs is 3. The molecule has 2 aliphatic heterocycles. The molecule has 45 heavy (non-hydrogen) atoms. The van der Waals surface area contributed by atoms with E-state index in [0.717, 1.165) is 46.3 Å². The maximum atomic E-state index is 14.4. The van der Waals surface area contributed by atoms with Crippen molar-refractivity contribution < 1.29 is 41.2 Å². The topological polar surface area (TPSA) is 73.0 Å². The first-order valence-electron chi connectivity index (χ1n) is 13.5. The van der Waals surface area contributed by atoms with E-state index < -0.39 is 75.8 Å². The molecule has 1 aromatic heterocycles. The van der Waals surface area contributed by atoms with E-state index in [1.54, 1.807) is 24.3 Å². The van der Waals surface area contributed by atoms with Crippen LogP contribution in [-0.4, -0.2) is 35.4 Å². The lowest BCUT2D eigenvalue weighted by Crippen LogP contribution is -3.22. The maximum absolute atomic E-state index is 14.4. The number of thioether (sulfide) groups is 1. The fourth-order valence-electron chi connectivity index (χ4n) is 5.56. The van der Waals surface area contributed by atoms with Crippen molar-refractivity contribution in [2.24, 2.45) is 0 Å². The molecule has 0 aliphatic carbocycles. The summed E-state index contributed by atoms with van der Waals surface area (Å²) in [6, 6.07) is 12.8. The number of nitrogens with zero attached hydrogens (tertiary/aromatic N) is 2. The Morgan fingerprint density at radius 1 is 1.02 bits per heavy atom.